The lowest BCUT2D eigenvalue weighted by Crippen LogP contribution is -2.62. The first-order chi connectivity index (χ1) is 11.5. The Hall–Kier alpha value is -2.42. The van der Waals surface area contributed by atoms with Crippen molar-refractivity contribution in [3.05, 3.63) is 12.3 Å². The van der Waals surface area contributed by atoms with E-state index in [1.807, 2.05) is 25.1 Å². The summed E-state index contributed by atoms with van der Waals surface area (Å²) in [4.78, 5) is 39.8. The molecule has 2 aliphatic heterocycles. The quantitative estimate of drug-likeness (QED) is 0.803. The lowest BCUT2D eigenvalue weighted by atomic mass is 10.2. The average Bonchev–Trinajstić information content (AvgIpc) is 2.59. The number of aromatic nitrogens is 2. The summed E-state index contributed by atoms with van der Waals surface area (Å²) in [7, 11) is 5.33. The Kier molecular flexibility index (Phi) is 4.52. The van der Waals surface area contributed by atoms with Gasteiger partial charge in [-0.15, -0.1) is 0 Å². The van der Waals surface area contributed by atoms with Crippen molar-refractivity contribution in [2.75, 3.05) is 57.1 Å². The van der Waals surface area contributed by atoms with Crippen LogP contribution in [0, 0.1) is 0 Å². The lowest BCUT2D eigenvalue weighted by Gasteiger charge is -2.42. The molecule has 24 heavy (non-hydrogen) atoms. The van der Waals surface area contributed by atoms with Gasteiger partial charge in [0.2, 0.25) is 11.9 Å². The topological polar surface area (TPSA) is 84.9 Å². The summed E-state index contributed by atoms with van der Waals surface area (Å²) in [6, 6.07) is 1.58. The molecule has 9 heteroatoms. The van der Waals surface area contributed by atoms with Gasteiger partial charge in [-0.3, -0.25) is 14.6 Å². The van der Waals surface area contributed by atoms with Gasteiger partial charge in [0.05, 0.1) is 12.6 Å². The molecule has 2 saturated heterocycles. The molecule has 1 aromatic rings. The van der Waals surface area contributed by atoms with Gasteiger partial charge in [0.15, 0.2) is 0 Å². The van der Waals surface area contributed by atoms with E-state index < -0.39 is 0 Å². The zero-order valence-corrected chi connectivity index (χ0v) is 14.3. The molecule has 3 amide bonds. The molecule has 9 nitrogen and oxygen atoms in total. The van der Waals surface area contributed by atoms with Gasteiger partial charge in [0, 0.05) is 53.5 Å². The van der Waals surface area contributed by atoms with Gasteiger partial charge in [0.1, 0.15) is 5.82 Å². The van der Waals surface area contributed by atoms with Crippen LogP contribution in [0.15, 0.2) is 12.3 Å². The fourth-order valence-electron chi connectivity index (χ4n) is 2.92. The van der Waals surface area contributed by atoms with Crippen molar-refractivity contribution in [2.45, 2.75) is 12.6 Å². The van der Waals surface area contributed by atoms with E-state index in [-0.39, 0.29) is 18.1 Å². The first-order valence-corrected chi connectivity index (χ1v) is 8.02. The van der Waals surface area contributed by atoms with Crippen LogP contribution in [0.25, 0.3) is 0 Å². The molecule has 0 spiro atoms. The summed E-state index contributed by atoms with van der Waals surface area (Å²) < 4.78 is 0. The van der Waals surface area contributed by atoms with Crippen LogP contribution in [0.4, 0.5) is 16.6 Å². The van der Waals surface area contributed by atoms with Crippen LogP contribution in [-0.2, 0) is 4.79 Å². The number of nitrogens with one attached hydrogen (secondary N) is 1. The van der Waals surface area contributed by atoms with E-state index in [1.54, 1.807) is 6.20 Å². The van der Waals surface area contributed by atoms with Crippen LogP contribution in [0.1, 0.15) is 6.42 Å². The fraction of sp³-hybridized carbons (Fsp3) is 0.600. The second-order valence-corrected chi connectivity index (χ2v) is 6.25. The van der Waals surface area contributed by atoms with Gasteiger partial charge in [0.25, 0.3) is 0 Å². The number of amides is 3. The molecule has 0 saturated carbocycles. The number of imide groups is 1. The van der Waals surface area contributed by atoms with Gasteiger partial charge < -0.3 is 15.1 Å². The number of urea groups is 1. The monoisotopic (exact) mass is 333 g/mol. The Labute approximate surface area is 141 Å². The molecule has 130 valence electrons. The zero-order chi connectivity index (χ0) is 17.3. The van der Waals surface area contributed by atoms with E-state index >= 15 is 0 Å². The predicted octanol–water partition coefficient (Wildman–Crippen LogP) is -0.438. The third-order valence-electron chi connectivity index (χ3n) is 4.44. The highest BCUT2D eigenvalue weighted by atomic mass is 16.2. The Balaban J connectivity index is 1.61. The van der Waals surface area contributed by atoms with Crippen LogP contribution in [-0.4, -0.2) is 85.2 Å². The molecule has 1 unspecified atom stereocenters. The van der Waals surface area contributed by atoms with Crippen molar-refractivity contribution in [1.82, 2.24) is 25.1 Å². The van der Waals surface area contributed by atoms with E-state index in [9.17, 15) is 9.59 Å². The SMILES string of the molecule is CN1C(=O)CC(N2CCN(c3ccnc(N(C)C)n3)CC2)NC1=O. The Bertz CT molecular complexity index is 610. The highest BCUT2D eigenvalue weighted by Crippen LogP contribution is 2.18. The van der Waals surface area contributed by atoms with Crippen molar-refractivity contribution >= 4 is 23.7 Å². The van der Waals surface area contributed by atoms with Crippen molar-refractivity contribution in [1.29, 1.82) is 0 Å². The smallest absolute Gasteiger partial charge is 0.325 e. The second-order valence-electron chi connectivity index (χ2n) is 6.25. The fourth-order valence-corrected chi connectivity index (χ4v) is 2.92. The van der Waals surface area contributed by atoms with Crippen LogP contribution >= 0.6 is 0 Å². The van der Waals surface area contributed by atoms with Gasteiger partial charge >= 0.3 is 6.03 Å². The van der Waals surface area contributed by atoms with Crippen molar-refractivity contribution in [3.63, 3.8) is 0 Å². The summed E-state index contributed by atoms with van der Waals surface area (Å²) in [6.07, 6.45) is 1.87. The summed E-state index contributed by atoms with van der Waals surface area (Å²) in [5.41, 5.74) is 0. The third kappa shape index (κ3) is 3.25. The number of carbonyl (C=O) groups is 2. The summed E-state index contributed by atoms with van der Waals surface area (Å²) in [5, 5.41) is 2.89. The maximum absolute atomic E-state index is 11.9. The van der Waals surface area contributed by atoms with Gasteiger partial charge in [-0.2, -0.15) is 4.98 Å². The maximum atomic E-state index is 11.9. The molecule has 1 N–H and O–H groups in total. The Morgan fingerprint density at radius 1 is 1.21 bits per heavy atom. The molecule has 3 rings (SSSR count). The number of rotatable bonds is 3. The molecule has 1 atom stereocenters. The number of carbonyl (C=O) groups excluding carboxylic acids is 2. The van der Waals surface area contributed by atoms with E-state index in [2.05, 4.69) is 25.1 Å². The van der Waals surface area contributed by atoms with E-state index in [1.165, 1.54) is 7.05 Å². The van der Waals surface area contributed by atoms with Crippen molar-refractivity contribution < 1.29 is 9.59 Å². The molecule has 3 heterocycles. The lowest BCUT2D eigenvalue weighted by molar-refractivity contribution is -0.130. The molecule has 1 aromatic heterocycles. The zero-order valence-electron chi connectivity index (χ0n) is 14.3. The Morgan fingerprint density at radius 2 is 1.92 bits per heavy atom. The standard InChI is InChI=1S/C15H23N7O2/c1-19(2)14-16-5-4-11(17-14)21-6-8-22(9-7-21)12-10-13(23)20(3)15(24)18-12/h4-5,12H,6-10H2,1-3H3,(H,18,24). The minimum atomic E-state index is -0.329. The van der Waals surface area contributed by atoms with E-state index in [0.717, 1.165) is 36.9 Å². The van der Waals surface area contributed by atoms with Gasteiger partial charge in [-0.25, -0.2) is 9.78 Å². The van der Waals surface area contributed by atoms with Gasteiger partial charge in [-0.05, 0) is 6.07 Å². The number of nitrogens with zero attached hydrogens (tertiary/aromatic N) is 6. The maximum Gasteiger partial charge on any atom is 0.325 e. The highest BCUT2D eigenvalue weighted by molar-refractivity contribution is 5.96. The van der Waals surface area contributed by atoms with Gasteiger partial charge in [-0.1, -0.05) is 0 Å². The normalized spacial score (nSPS) is 22.5. The van der Waals surface area contributed by atoms with Crippen molar-refractivity contribution in [2.24, 2.45) is 0 Å². The number of hydrogen-bond acceptors (Lipinski definition) is 7. The first kappa shape index (κ1) is 16.4. The molecule has 0 aromatic carbocycles. The molecular weight excluding hydrogens is 310 g/mol. The molecular formula is C15H23N7O2. The highest BCUT2D eigenvalue weighted by Gasteiger charge is 2.34. The average molecular weight is 333 g/mol. The van der Waals surface area contributed by atoms with E-state index in [0.29, 0.717) is 12.4 Å². The molecule has 2 aliphatic rings. The summed E-state index contributed by atoms with van der Waals surface area (Å²) in [6.45, 7) is 3.12. The third-order valence-corrected chi connectivity index (χ3v) is 4.44. The van der Waals surface area contributed by atoms with Crippen molar-refractivity contribution in [3.8, 4) is 0 Å². The number of anilines is 2. The largest absolute Gasteiger partial charge is 0.354 e. The van der Waals surface area contributed by atoms with Crippen LogP contribution < -0.4 is 15.1 Å². The first-order valence-electron chi connectivity index (χ1n) is 8.02. The van der Waals surface area contributed by atoms with Crippen LogP contribution in [0.5, 0.6) is 0 Å². The molecule has 0 radical (unpaired) electrons. The number of hydrogen-bond donors (Lipinski definition) is 1. The molecule has 0 aliphatic carbocycles. The van der Waals surface area contributed by atoms with Crippen LogP contribution in [0.2, 0.25) is 0 Å². The Morgan fingerprint density at radius 3 is 2.54 bits per heavy atom. The van der Waals surface area contributed by atoms with E-state index in [4.69, 9.17) is 0 Å². The number of piperazine rings is 1. The summed E-state index contributed by atoms with van der Waals surface area (Å²) >= 11 is 0. The minimum Gasteiger partial charge on any atom is -0.354 e. The summed E-state index contributed by atoms with van der Waals surface area (Å²) in [5.74, 6) is 1.44. The minimum absolute atomic E-state index is 0.141. The molecule has 2 fully saturated rings. The van der Waals surface area contributed by atoms with Crippen LogP contribution in [0.3, 0.4) is 0 Å². The predicted molar refractivity (Wildman–Crippen MR) is 89.9 cm³/mol. The second kappa shape index (κ2) is 6.60. The molecule has 0 bridgehead atoms.